The van der Waals surface area contributed by atoms with Crippen molar-refractivity contribution in [3.05, 3.63) is 22.7 Å². The van der Waals surface area contributed by atoms with E-state index in [1.165, 1.54) is 0 Å². The number of hydrogen-bond acceptors (Lipinski definition) is 2. The zero-order valence-corrected chi connectivity index (χ0v) is 9.87. The molecule has 1 aromatic rings. The lowest BCUT2D eigenvalue weighted by molar-refractivity contribution is -0.0504. The summed E-state index contributed by atoms with van der Waals surface area (Å²) < 4.78 is 28.8. The second-order valence-corrected chi connectivity index (χ2v) is 4.60. The van der Waals surface area contributed by atoms with Crippen LogP contribution in [0, 0.1) is 0 Å². The van der Waals surface area contributed by atoms with Gasteiger partial charge in [0, 0.05) is 4.90 Å². The van der Waals surface area contributed by atoms with Crippen molar-refractivity contribution in [3.8, 4) is 5.75 Å². The SMILES string of the molecule is CCSc1ccc(Br)c(OC(F)F)c1. The molecule has 1 rings (SSSR count). The smallest absolute Gasteiger partial charge is 0.387 e. The van der Waals surface area contributed by atoms with Crippen molar-refractivity contribution in [2.24, 2.45) is 0 Å². The molecule has 0 unspecified atom stereocenters. The van der Waals surface area contributed by atoms with Gasteiger partial charge in [0.05, 0.1) is 4.47 Å². The summed E-state index contributed by atoms with van der Waals surface area (Å²) in [5.41, 5.74) is 0. The lowest BCUT2D eigenvalue weighted by atomic mass is 10.3. The molecule has 0 radical (unpaired) electrons. The maximum atomic E-state index is 12.0. The predicted molar refractivity (Wildman–Crippen MR) is 57.2 cm³/mol. The van der Waals surface area contributed by atoms with Crippen molar-refractivity contribution in [1.29, 1.82) is 0 Å². The largest absolute Gasteiger partial charge is 0.434 e. The molecular formula is C9H9BrF2OS. The van der Waals surface area contributed by atoms with Gasteiger partial charge in [0.15, 0.2) is 0 Å². The lowest BCUT2D eigenvalue weighted by Crippen LogP contribution is -2.02. The van der Waals surface area contributed by atoms with Crippen molar-refractivity contribution in [2.45, 2.75) is 18.4 Å². The summed E-state index contributed by atoms with van der Waals surface area (Å²) in [5, 5.41) is 0. The molecule has 78 valence electrons. The van der Waals surface area contributed by atoms with Crippen LogP contribution in [0.3, 0.4) is 0 Å². The maximum Gasteiger partial charge on any atom is 0.387 e. The fourth-order valence-electron chi connectivity index (χ4n) is 0.926. The van der Waals surface area contributed by atoms with Gasteiger partial charge in [-0.1, -0.05) is 6.92 Å². The zero-order chi connectivity index (χ0) is 10.6. The van der Waals surface area contributed by atoms with Crippen LogP contribution in [-0.2, 0) is 0 Å². The minimum absolute atomic E-state index is 0.179. The molecule has 0 saturated carbocycles. The Morgan fingerprint density at radius 2 is 2.21 bits per heavy atom. The highest BCUT2D eigenvalue weighted by atomic mass is 79.9. The number of thioether (sulfide) groups is 1. The fraction of sp³-hybridized carbons (Fsp3) is 0.333. The van der Waals surface area contributed by atoms with E-state index in [-0.39, 0.29) is 5.75 Å². The Bertz CT molecular complexity index is 307. The predicted octanol–water partition coefficient (Wildman–Crippen LogP) is 4.16. The number of rotatable bonds is 4. The highest BCUT2D eigenvalue weighted by Crippen LogP contribution is 2.31. The highest BCUT2D eigenvalue weighted by molar-refractivity contribution is 9.10. The lowest BCUT2D eigenvalue weighted by Gasteiger charge is -2.08. The molecule has 0 amide bonds. The van der Waals surface area contributed by atoms with Gasteiger partial charge in [-0.25, -0.2) is 0 Å². The molecule has 1 nitrogen and oxygen atoms in total. The summed E-state index contributed by atoms with van der Waals surface area (Å²) in [4.78, 5) is 0.923. The molecule has 0 spiro atoms. The van der Waals surface area contributed by atoms with E-state index in [4.69, 9.17) is 0 Å². The molecule has 0 heterocycles. The third kappa shape index (κ3) is 3.46. The van der Waals surface area contributed by atoms with Gasteiger partial charge in [-0.2, -0.15) is 8.78 Å². The number of hydrogen-bond donors (Lipinski definition) is 0. The van der Waals surface area contributed by atoms with Gasteiger partial charge in [0.25, 0.3) is 0 Å². The van der Waals surface area contributed by atoms with Crippen LogP contribution in [0.5, 0.6) is 5.75 Å². The Labute approximate surface area is 94.0 Å². The molecule has 0 bridgehead atoms. The Morgan fingerprint density at radius 1 is 1.50 bits per heavy atom. The molecule has 0 aromatic heterocycles. The molecular weight excluding hydrogens is 274 g/mol. The molecule has 0 atom stereocenters. The standard InChI is InChI=1S/C9H9BrF2OS/c1-2-14-6-3-4-7(10)8(5-6)13-9(11)12/h3-5,9H,2H2,1H3. The quantitative estimate of drug-likeness (QED) is 0.767. The first-order chi connectivity index (χ1) is 6.63. The van der Waals surface area contributed by atoms with Gasteiger partial charge in [0.1, 0.15) is 5.75 Å². The number of alkyl halides is 2. The monoisotopic (exact) mass is 282 g/mol. The van der Waals surface area contributed by atoms with Crippen LogP contribution in [0.1, 0.15) is 6.92 Å². The summed E-state index contributed by atoms with van der Waals surface area (Å²) in [6, 6.07) is 5.16. The second kappa shape index (κ2) is 5.56. The van der Waals surface area contributed by atoms with E-state index in [9.17, 15) is 8.78 Å². The molecule has 14 heavy (non-hydrogen) atoms. The highest BCUT2D eigenvalue weighted by Gasteiger charge is 2.08. The van der Waals surface area contributed by atoms with Crippen molar-refractivity contribution in [3.63, 3.8) is 0 Å². The van der Waals surface area contributed by atoms with Crippen molar-refractivity contribution in [2.75, 3.05) is 5.75 Å². The Morgan fingerprint density at radius 3 is 2.79 bits per heavy atom. The normalized spacial score (nSPS) is 10.6. The third-order valence-electron chi connectivity index (χ3n) is 1.43. The van der Waals surface area contributed by atoms with Crippen LogP contribution in [0.2, 0.25) is 0 Å². The van der Waals surface area contributed by atoms with E-state index < -0.39 is 6.61 Å². The topological polar surface area (TPSA) is 9.23 Å². The molecule has 0 aliphatic carbocycles. The minimum atomic E-state index is -2.78. The minimum Gasteiger partial charge on any atom is -0.434 e. The summed E-state index contributed by atoms with van der Waals surface area (Å²) in [6.45, 7) is -0.784. The fourth-order valence-corrected chi connectivity index (χ4v) is 1.95. The van der Waals surface area contributed by atoms with Crippen molar-refractivity contribution < 1.29 is 13.5 Å². The van der Waals surface area contributed by atoms with Crippen LogP contribution in [0.4, 0.5) is 8.78 Å². The van der Waals surface area contributed by atoms with Crippen molar-refractivity contribution >= 4 is 27.7 Å². The first kappa shape index (κ1) is 11.8. The summed E-state index contributed by atoms with van der Waals surface area (Å²) in [5.74, 6) is 1.08. The van der Waals surface area contributed by atoms with E-state index in [0.717, 1.165) is 10.6 Å². The average molecular weight is 283 g/mol. The maximum absolute atomic E-state index is 12.0. The van der Waals surface area contributed by atoms with Crippen molar-refractivity contribution in [1.82, 2.24) is 0 Å². The molecule has 0 N–H and O–H groups in total. The van der Waals surface area contributed by atoms with E-state index in [2.05, 4.69) is 20.7 Å². The Hall–Kier alpha value is -0.290. The first-order valence-electron chi connectivity index (χ1n) is 4.00. The van der Waals surface area contributed by atoms with Crippen LogP contribution in [0.25, 0.3) is 0 Å². The summed E-state index contributed by atoms with van der Waals surface area (Å²) in [6.07, 6.45) is 0. The van der Waals surface area contributed by atoms with Gasteiger partial charge in [0.2, 0.25) is 0 Å². The van der Waals surface area contributed by atoms with Gasteiger partial charge in [-0.3, -0.25) is 0 Å². The molecule has 5 heteroatoms. The van der Waals surface area contributed by atoms with Crippen LogP contribution in [0.15, 0.2) is 27.6 Å². The molecule has 0 aliphatic rings. The van der Waals surface area contributed by atoms with E-state index in [1.54, 1.807) is 23.9 Å². The second-order valence-electron chi connectivity index (χ2n) is 2.40. The van der Waals surface area contributed by atoms with Crippen LogP contribution in [-0.4, -0.2) is 12.4 Å². The van der Waals surface area contributed by atoms with Gasteiger partial charge in [-0.15, -0.1) is 11.8 Å². The third-order valence-corrected chi connectivity index (χ3v) is 2.96. The number of ether oxygens (including phenoxy) is 1. The van der Waals surface area contributed by atoms with E-state index in [0.29, 0.717) is 4.47 Å². The molecule has 1 aromatic carbocycles. The molecule has 0 aliphatic heterocycles. The van der Waals surface area contributed by atoms with Crippen LogP contribution >= 0.6 is 27.7 Å². The van der Waals surface area contributed by atoms with Gasteiger partial charge in [-0.05, 0) is 39.9 Å². The molecule has 0 fully saturated rings. The zero-order valence-electron chi connectivity index (χ0n) is 7.47. The molecule has 0 saturated heterocycles. The van der Waals surface area contributed by atoms with Crippen LogP contribution < -0.4 is 4.74 Å². The Kier molecular flexibility index (Phi) is 4.68. The van der Waals surface area contributed by atoms with E-state index in [1.807, 2.05) is 13.0 Å². The van der Waals surface area contributed by atoms with Gasteiger partial charge >= 0.3 is 6.61 Å². The summed E-state index contributed by atoms with van der Waals surface area (Å²) in [7, 11) is 0. The average Bonchev–Trinajstić information content (AvgIpc) is 2.10. The number of benzene rings is 1. The van der Waals surface area contributed by atoms with Gasteiger partial charge < -0.3 is 4.74 Å². The number of halogens is 3. The summed E-state index contributed by atoms with van der Waals surface area (Å²) >= 11 is 4.72. The Balaban J connectivity index is 2.84. The van der Waals surface area contributed by atoms with E-state index >= 15 is 0 Å². The first-order valence-corrected chi connectivity index (χ1v) is 5.78.